The molecule has 0 heterocycles. The Morgan fingerprint density at radius 1 is 1.03 bits per heavy atom. The summed E-state index contributed by atoms with van der Waals surface area (Å²) in [5, 5.41) is 2.92. The Morgan fingerprint density at radius 3 is 2.45 bits per heavy atom. The van der Waals surface area contributed by atoms with E-state index in [2.05, 4.69) is 34.0 Å². The Labute approximate surface area is 171 Å². The summed E-state index contributed by atoms with van der Waals surface area (Å²) < 4.78 is 15.2. The second-order valence-electron chi connectivity index (χ2n) is 6.26. The van der Waals surface area contributed by atoms with E-state index in [-0.39, 0.29) is 12.5 Å². The number of hydrogen-bond donors (Lipinski definition) is 1. The minimum atomic E-state index is -0.495. The van der Waals surface area contributed by atoms with Crippen molar-refractivity contribution in [3.05, 3.63) is 54.1 Å². The Morgan fingerprint density at radius 2 is 1.79 bits per heavy atom. The van der Waals surface area contributed by atoms with Crippen LogP contribution in [0, 0.1) is 0 Å². The Hall–Kier alpha value is -3.22. The van der Waals surface area contributed by atoms with Crippen LogP contribution in [0.25, 0.3) is 0 Å². The van der Waals surface area contributed by atoms with Crippen molar-refractivity contribution in [2.75, 3.05) is 45.4 Å². The summed E-state index contributed by atoms with van der Waals surface area (Å²) in [6, 6.07) is 15.0. The van der Waals surface area contributed by atoms with E-state index in [9.17, 15) is 9.59 Å². The molecule has 156 valence electrons. The Bertz CT molecular complexity index is 795. The first kappa shape index (κ1) is 22.1. The van der Waals surface area contributed by atoms with E-state index in [0.717, 1.165) is 19.5 Å². The Balaban J connectivity index is 1.86. The van der Waals surface area contributed by atoms with Crippen LogP contribution >= 0.6 is 0 Å². The van der Waals surface area contributed by atoms with Crippen molar-refractivity contribution in [2.45, 2.75) is 13.3 Å². The van der Waals surface area contributed by atoms with Crippen molar-refractivity contribution < 1.29 is 23.8 Å². The van der Waals surface area contributed by atoms with Gasteiger partial charge in [-0.2, -0.15) is 0 Å². The van der Waals surface area contributed by atoms with E-state index in [1.165, 1.54) is 19.9 Å². The molecule has 0 atom stereocenters. The summed E-state index contributed by atoms with van der Waals surface area (Å²) in [6.07, 6.45) is 0.825. The highest BCUT2D eigenvalue weighted by Gasteiger charge is 2.12. The smallest absolute Gasteiger partial charge is 0.343 e. The lowest BCUT2D eigenvalue weighted by atomic mass is 10.2. The average Bonchev–Trinajstić information content (AvgIpc) is 2.77. The summed E-state index contributed by atoms with van der Waals surface area (Å²) in [7, 11) is 2.76. The minimum Gasteiger partial charge on any atom is -0.493 e. The quantitative estimate of drug-likeness (QED) is 0.462. The standard InChI is InChI=1S/C22H28N2O5/c1-4-24(18-9-6-5-7-10-18)14-8-13-23-22(26)17-11-12-19(20(15-17)27-2)29-16-21(25)28-3/h5-7,9-12,15H,4,8,13-14,16H2,1-3H3,(H,23,26). The molecule has 0 aromatic heterocycles. The van der Waals surface area contributed by atoms with E-state index in [4.69, 9.17) is 9.47 Å². The van der Waals surface area contributed by atoms with Gasteiger partial charge in [-0.1, -0.05) is 18.2 Å². The maximum atomic E-state index is 12.4. The highest BCUT2D eigenvalue weighted by molar-refractivity contribution is 5.94. The number of anilines is 1. The Kier molecular flexibility index (Phi) is 8.82. The highest BCUT2D eigenvalue weighted by atomic mass is 16.6. The van der Waals surface area contributed by atoms with Gasteiger partial charge in [0.2, 0.25) is 0 Å². The van der Waals surface area contributed by atoms with E-state index >= 15 is 0 Å². The molecule has 2 aromatic rings. The van der Waals surface area contributed by atoms with Gasteiger partial charge in [-0.25, -0.2) is 4.79 Å². The largest absolute Gasteiger partial charge is 0.493 e. The highest BCUT2D eigenvalue weighted by Crippen LogP contribution is 2.28. The third kappa shape index (κ3) is 6.71. The van der Waals surface area contributed by atoms with Crippen LogP contribution in [-0.4, -0.2) is 52.3 Å². The molecule has 7 heteroatoms. The summed E-state index contributed by atoms with van der Waals surface area (Å²) in [5.74, 6) is 0.0646. The molecule has 0 aliphatic heterocycles. The van der Waals surface area contributed by atoms with Crippen molar-refractivity contribution >= 4 is 17.6 Å². The third-order valence-corrected chi connectivity index (χ3v) is 4.39. The molecule has 7 nitrogen and oxygen atoms in total. The number of benzene rings is 2. The van der Waals surface area contributed by atoms with Crippen molar-refractivity contribution in [2.24, 2.45) is 0 Å². The molecule has 0 saturated heterocycles. The van der Waals surface area contributed by atoms with Crippen LogP contribution in [-0.2, 0) is 9.53 Å². The number of para-hydroxylation sites is 1. The first-order valence-corrected chi connectivity index (χ1v) is 9.54. The summed E-state index contributed by atoms with van der Waals surface area (Å²) >= 11 is 0. The van der Waals surface area contributed by atoms with Gasteiger partial charge in [-0.15, -0.1) is 0 Å². The number of carbonyl (C=O) groups is 2. The van der Waals surface area contributed by atoms with Gasteiger partial charge in [-0.3, -0.25) is 4.79 Å². The summed E-state index contributed by atoms with van der Waals surface area (Å²) in [5.41, 5.74) is 1.64. The average molecular weight is 400 g/mol. The number of rotatable bonds is 11. The predicted octanol–water partition coefficient (Wildman–Crippen LogP) is 2.89. The van der Waals surface area contributed by atoms with Gasteiger partial charge in [0, 0.05) is 30.9 Å². The molecular formula is C22H28N2O5. The second kappa shape index (κ2) is 11.6. The number of nitrogens with zero attached hydrogens (tertiary/aromatic N) is 1. The van der Waals surface area contributed by atoms with Gasteiger partial charge >= 0.3 is 5.97 Å². The zero-order valence-electron chi connectivity index (χ0n) is 17.1. The fraction of sp³-hybridized carbons (Fsp3) is 0.364. The van der Waals surface area contributed by atoms with E-state index in [1.807, 2.05) is 18.2 Å². The van der Waals surface area contributed by atoms with Crippen molar-refractivity contribution in [1.29, 1.82) is 0 Å². The second-order valence-corrected chi connectivity index (χ2v) is 6.26. The molecule has 0 saturated carbocycles. The van der Waals surface area contributed by atoms with Crippen molar-refractivity contribution in [3.8, 4) is 11.5 Å². The molecule has 29 heavy (non-hydrogen) atoms. The SMILES string of the molecule is CCN(CCCNC(=O)c1ccc(OCC(=O)OC)c(OC)c1)c1ccccc1. The van der Waals surface area contributed by atoms with Crippen LogP contribution in [0.15, 0.2) is 48.5 Å². The van der Waals surface area contributed by atoms with Gasteiger partial charge in [-0.05, 0) is 43.7 Å². The normalized spacial score (nSPS) is 10.2. The number of hydrogen-bond acceptors (Lipinski definition) is 6. The molecule has 1 amide bonds. The first-order chi connectivity index (χ1) is 14.1. The lowest BCUT2D eigenvalue weighted by molar-refractivity contribution is -0.142. The lowest BCUT2D eigenvalue weighted by Crippen LogP contribution is -2.30. The van der Waals surface area contributed by atoms with E-state index < -0.39 is 5.97 Å². The molecule has 0 unspecified atom stereocenters. The molecular weight excluding hydrogens is 372 g/mol. The molecule has 0 radical (unpaired) electrons. The molecule has 0 fully saturated rings. The van der Waals surface area contributed by atoms with E-state index in [1.54, 1.807) is 18.2 Å². The zero-order valence-corrected chi connectivity index (χ0v) is 17.1. The topological polar surface area (TPSA) is 77.1 Å². The van der Waals surface area contributed by atoms with Gasteiger partial charge < -0.3 is 24.4 Å². The minimum absolute atomic E-state index is 0.189. The number of nitrogens with one attached hydrogen (secondary N) is 1. The fourth-order valence-corrected chi connectivity index (χ4v) is 2.81. The van der Waals surface area contributed by atoms with Gasteiger partial charge in [0.25, 0.3) is 5.91 Å². The fourth-order valence-electron chi connectivity index (χ4n) is 2.81. The van der Waals surface area contributed by atoms with Crippen molar-refractivity contribution in [3.63, 3.8) is 0 Å². The first-order valence-electron chi connectivity index (χ1n) is 9.54. The number of methoxy groups -OCH3 is 2. The molecule has 2 rings (SSSR count). The molecule has 0 bridgehead atoms. The summed E-state index contributed by atoms with van der Waals surface area (Å²) in [6.45, 7) is 4.20. The number of amides is 1. The maximum absolute atomic E-state index is 12.4. The van der Waals surface area contributed by atoms with Crippen LogP contribution in [0.1, 0.15) is 23.7 Å². The zero-order chi connectivity index (χ0) is 21.1. The van der Waals surface area contributed by atoms with Crippen LogP contribution in [0.3, 0.4) is 0 Å². The third-order valence-electron chi connectivity index (χ3n) is 4.39. The summed E-state index contributed by atoms with van der Waals surface area (Å²) in [4.78, 5) is 25.9. The van der Waals surface area contributed by atoms with Crippen LogP contribution in [0.5, 0.6) is 11.5 Å². The van der Waals surface area contributed by atoms with E-state index in [0.29, 0.717) is 23.6 Å². The maximum Gasteiger partial charge on any atom is 0.343 e. The van der Waals surface area contributed by atoms with Gasteiger partial charge in [0.15, 0.2) is 18.1 Å². The molecule has 0 spiro atoms. The molecule has 1 N–H and O–H groups in total. The molecule has 2 aromatic carbocycles. The van der Waals surface area contributed by atoms with Crippen LogP contribution < -0.4 is 19.7 Å². The monoisotopic (exact) mass is 400 g/mol. The van der Waals surface area contributed by atoms with Crippen LogP contribution in [0.2, 0.25) is 0 Å². The number of ether oxygens (including phenoxy) is 3. The van der Waals surface area contributed by atoms with Gasteiger partial charge in [0.1, 0.15) is 0 Å². The predicted molar refractivity (Wildman–Crippen MR) is 112 cm³/mol. The number of esters is 1. The van der Waals surface area contributed by atoms with Gasteiger partial charge in [0.05, 0.1) is 14.2 Å². The number of carbonyl (C=O) groups excluding carboxylic acids is 2. The lowest BCUT2D eigenvalue weighted by Gasteiger charge is -2.23. The molecule has 0 aliphatic rings. The van der Waals surface area contributed by atoms with Crippen molar-refractivity contribution in [1.82, 2.24) is 5.32 Å². The molecule has 0 aliphatic carbocycles. The van der Waals surface area contributed by atoms with Crippen LogP contribution in [0.4, 0.5) is 5.69 Å².